The lowest BCUT2D eigenvalue weighted by atomic mass is 9.85. The third kappa shape index (κ3) is 8.46. The third-order valence-corrected chi connectivity index (χ3v) is 6.41. The number of imide groups is 1. The van der Waals surface area contributed by atoms with Gasteiger partial charge in [-0.05, 0) is 55.5 Å². The molecule has 0 radical (unpaired) electrons. The average Bonchev–Trinajstić information content (AvgIpc) is 2.92. The summed E-state index contributed by atoms with van der Waals surface area (Å²) in [6.45, 7) is 0. The normalized spacial score (nSPS) is 16.2. The van der Waals surface area contributed by atoms with E-state index in [-0.39, 0.29) is 47.2 Å². The number of halogens is 2. The van der Waals surface area contributed by atoms with Crippen LogP contribution in [0.25, 0.3) is 0 Å². The molecule has 0 bridgehead atoms. The molecule has 5 amide bonds. The zero-order valence-corrected chi connectivity index (χ0v) is 21.7. The standard InChI is InChI=1S/C28H27F2N5O6/c29-18-5-1-16(2-6-18)13-25(36)35-27(38)32-20-9-10-23(21(30)14-20)41-24-11-12-31-15-22(24)34-26(37)17-3-7-19(8-4-17)33-28(39)40/h1-2,5-6,9-12,14-15,17,19,33H,3-4,7-8,13H2,(H,34,37)(H,39,40)(H2,32,35,36,38). The number of hydrogen-bond acceptors (Lipinski definition) is 6. The Morgan fingerprint density at radius 1 is 0.927 bits per heavy atom. The number of hydrogen-bond donors (Lipinski definition) is 5. The lowest BCUT2D eigenvalue weighted by Gasteiger charge is -2.27. The molecule has 1 fully saturated rings. The summed E-state index contributed by atoms with van der Waals surface area (Å²) in [5, 5.41) is 18.5. The molecule has 0 spiro atoms. The van der Waals surface area contributed by atoms with Crippen molar-refractivity contribution in [1.29, 1.82) is 0 Å². The first-order valence-electron chi connectivity index (χ1n) is 12.7. The Morgan fingerprint density at radius 2 is 1.66 bits per heavy atom. The highest BCUT2D eigenvalue weighted by Crippen LogP contribution is 2.33. The van der Waals surface area contributed by atoms with Crippen LogP contribution in [0.1, 0.15) is 31.2 Å². The molecule has 1 aliphatic rings. The first-order chi connectivity index (χ1) is 19.7. The van der Waals surface area contributed by atoms with Crippen molar-refractivity contribution in [3.63, 3.8) is 0 Å². The largest absolute Gasteiger partial charge is 0.465 e. The van der Waals surface area contributed by atoms with E-state index >= 15 is 0 Å². The van der Waals surface area contributed by atoms with Crippen molar-refractivity contribution in [2.24, 2.45) is 5.92 Å². The Kier molecular flexibility index (Phi) is 9.40. The van der Waals surface area contributed by atoms with Crippen LogP contribution in [-0.2, 0) is 16.0 Å². The third-order valence-electron chi connectivity index (χ3n) is 6.41. The molecule has 11 nitrogen and oxygen atoms in total. The van der Waals surface area contributed by atoms with E-state index in [0.717, 1.165) is 6.07 Å². The lowest BCUT2D eigenvalue weighted by molar-refractivity contribution is -0.121. The number of aromatic nitrogens is 1. The maximum absolute atomic E-state index is 14.8. The van der Waals surface area contributed by atoms with Crippen molar-refractivity contribution >= 4 is 35.3 Å². The summed E-state index contributed by atoms with van der Waals surface area (Å²) in [5.74, 6) is -2.56. The van der Waals surface area contributed by atoms with E-state index in [1.165, 1.54) is 54.9 Å². The number of urea groups is 1. The number of nitrogens with zero attached hydrogens (tertiary/aromatic N) is 1. The number of amides is 5. The van der Waals surface area contributed by atoms with E-state index in [9.17, 15) is 28.0 Å². The Hall–Kier alpha value is -5.07. The molecule has 41 heavy (non-hydrogen) atoms. The fourth-order valence-corrected chi connectivity index (χ4v) is 4.37. The fraction of sp³-hybridized carbons (Fsp3) is 0.250. The molecule has 1 aromatic heterocycles. The SMILES string of the molecule is O=C(O)NC1CCC(C(=O)Nc2cnccc2Oc2ccc(NC(=O)NC(=O)Cc3ccc(F)cc3)cc2F)CC1. The molecule has 1 saturated carbocycles. The molecule has 2 aromatic carbocycles. The number of carbonyl (C=O) groups excluding carboxylic acids is 3. The van der Waals surface area contributed by atoms with E-state index < -0.39 is 29.7 Å². The minimum atomic E-state index is -1.09. The van der Waals surface area contributed by atoms with E-state index in [4.69, 9.17) is 9.84 Å². The summed E-state index contributed by atoms with van der Waals surface area (Å²) in [6, 6.07) is 9.27. The van der Waals surface area contributed by atoms with Crippen LogP contribution in [0.4, 0.5) is 29.7 Å². The van der Waals surface area contributed by atoms with Crippen LogP contribution in [0.3, 0.4) is 0 Å². The monoisotopic (exact) mass is 567 g/mol. The molecular weight excluding hydrogens is 540 g/mol. The Balaban J connectivity index is 1.32. The van der Waals surface area contributed by atoms with Crippen molar-refractivity contribution in [1.82, 2.24) is 15.6 Å². The molecular formula is C28H27F2N5O6. The van der Waals surface area contributed by atoms with Gasteiger partial charge in [0, 0.05) is 36.0 Å². The number of benzene rings is 2. The molecule has 4 rings (SSSR count). The first-order valence-corrected chi connectivity index (χ1v) is 12.7. The quantitative estimate of drug-likeness (QED) is 0.261. The fourth-order valence-electron chi connectivity index (χ4n) is 4.37. The number of carboxylic acid groups (broad SMARTS) is 1. The van der Waals surface area contributed by atoms with Crippen molar-refractivity contribution in [2.45, 2.75) is 38.1 Å². The second kappa shape index (κ2) is 13.3. The summed E-state index contributed by atoms with van der Waals surface area (Å²) in [4.78, 5) is 51.9. The Labute approximate surface area is 233 Å². The minimum Gasteiger partial charge on any atom is -0.465 e. The molecule has 214 valence electrons. The number of nitrogens with one attached hydrogen (secondary N) is 4. The highest BCUT2D eigenvalue weighted by molar-refractivity contribution is 6.01. The zero-order chi connectivity index (χ0) is 29.4. The molecule has 5 N–H and O–H groups in total. The van der Waals surface area contributed by atoms with Gasteiger partial charge in [-0.15, -0.1) is 0 Å². The van der Waals surface area contributed by atoms with E-state index in [2.05, 4.69) is 26.3 Å². The summed E-state index contributed by atoms with van der Waals surface area (Å²) in [6.07, 6.45) is 3.61. The average molecular weight is 568 g/mol. The molecule has 13 heteroatoms. The van der Waals surface area contributed by atoms with Crippen LogP contribution < -0.4 is 26.0 Å². The lowest BCUT2D eigenvalue weighted by Crippen LogP contribution is -2.38. The van der Waals surface area contributed by atoms with Crippen molar-refractivity contribution in [3.05, 3.63) is 78.1 Å². The predicted octanol–water partition coefficient (Wildman–Crippen LogP) is 4.81. The molecule has 3 aromatic rings. The van der Waals surface area contributed by atoms with Gasteiger partial charge in [-0.2, -0.15) is 0 Å². The van der Waals surface area contributed by atoms with Crippen molar-refractivity contribution in [3.8, 4) is 11.5 Å². The van der Waals surface area contributed by atoms with Crippen LogP contribution >= 0.6 is 0 Å². The maximum Gasteiger partial charge on any atom is 0.404 e. The number of carbonyl (C=O) groups is 4. The van der Waals surface area contributed by atoms with E-state index in [1.807, 2.05) is 0 Å². The molecule has 0 unspecified atom stereocenters. The molecule has 1 heterocycles. The Morgan fingerprint density at radius 3 is 2.34 bits per heavy atom. The molecule has 0 saturated heterocycles. The van der Waals surface area contributed by atoms with E-state index in [1.54, 1.807) is 0 Å². The van der Waals surface area contributed by atoms with Crippen LogP contribution in [-0.4, -0.2) is 40.1 Å². The molecule has 0 atom stereocenters. The minimum absolute atomic E-state index is 0.0539. The summed E-state index contributed by atoms with van der Waals surface area (Å²) in [5.41, 5.74) is 0.790. The van der Waals surface area contributed by atoms with Crippen LogP contribution in [0, 0.1) is 17.6 Å². The van der Waals surface area contributed by atoms with Gasteiger partial charge in [0.25, 0.3) is 0 Å². The van der Waals surface area contributed by atoms with E-state index in [0.29, 0.717) is 31.2 Å². The number of pyridine rings is 1. The second-order valence-electron chi connectivity index (χ2n) is 9.41. The molecule has 0 aliphatic heterocycles. The highest BCUT2D eigenvalue weighted by Gasteiger charge is 2.27. The van der Waals surface area contributed by atoms with Crippen LogP contribution in [0.15, 0.2) is 60.9 Å². The van der Waals surface area contributed by atoms with Gasteiger partial charge in [-0.25, -0.2) is 18.4 Å². The van der Waals surface area contributed by atoms with Gasteiger partial charge in [-0.1, -0.05) is 12.1 Å². The van der Waals surface area contributed by atoms with Crippen LogP contribution in [0.5, 0.6) is 11.5 Å². The van der Waals surface area contributed by atoms with Crippen molar-refractivity contribution < 1.29 is 37.8 Å². The van der Waals surface area contributed by atoms with Gasteiger partial charge >= 0.3 is 12.1 Å². The van der Waals surface area contributed by atoms with Crippen molar-refractivity contribution in [2.75, 3.05) is 10.6 Å². The zero-order valence-electron chi connectivity index (χ0n) is 21.7. The highest BCUT2D eigenvalue weighted by atomic mass is 19.1. The number of rotatable bonds is 8. The van der Waals surface area contributed by atoms with Crippen LogP contribution in [0.2, 0.25) is 0 Å². The topological polar surface area (TPSA) is 159 Å². The Bertz CT molecular complexity index is 1430. The number of ether oxygens (including phenoxy) is 1. The summed E-state index contributed by atoms with van der Waals surface area (Å²) < 4.78 is 33.5. The molecule has 1 aliphatic carbocycles. The van der Waals surface area contributed by atoms with Gasteiger partial charge in [-0.3, -0.25) is 19.9 Å². The smallest absolute Gasteiger partial charge is 0.404 e. The number of anilines is 2. The summed E-state index contributed by atoms with van der Waals surface area (Å²) in [7, 11) is 0. The second-order valence-corrected chi connectivity index (χ2v) is 9.41. The van der Waals surface area contributed by atoms with Gasteiger partial charge in [0.15, 0.2) is 17.3 Å². The summed E-state index contributed by atoms with van der Waals surface area (Å²) >= 11 is 0. The van der Waals surface area contributed by atoms with Gasteiger partial charge in [0.1, 0.15) is 11.5 Å². The van der Waals surface area contributed by atoms with Gasteiger partial charge < -0.3 is 25.8 Å². The van der Waals surface area contributed by atoms with Gasteiger partial charge in [0.05, 0.1) is 12.6 Å². The van der Waals surface area contributed by atoms with Gasteiger partial charge in [0.2, 0.25) is 11.8 Å². The predicted molar refractivity (Wildman–Crippen MR) is 144 cm³/mol. The first kappa shape index (κ1) is 28.9. The maximum atomic E-state index is 14.8.